The minimum Gasteiger partial charge on any atom is -0.368 e. The summed E-state index contributed by atoms with van der Waals surface area (Å²) in [5.74, 6) is -0.289. The molecule has 1 saturated heterocycles. The topological polar surface area (TPSA) is 61.6 Å². The molecular weight excluding hydrogens is 228 g/mol. The predicted octanol–water partition coefficient (Wildman–Crippen LogP) is -0.134. The maximum Gasteiger partial charge on any atom is 0.238 e. The van der Waals surface area contributed by atoms with Crippen LogP contribution in [-0.4, -0.2) is 66.6 Å². The van der Waals surface area contributed by atoms with Crippen molar-refractivity contribution in [3.8, 4) is 0 Å². The summed E-state index contributed by atoms with van der Waals surface area (Å²) in [6.07, 6.45) is 0. The molecule has 3 N–H and O–H groups in total. The van der Waals surface area contributed by atoms with Crippen LogP contribution in [0.4, 0.5) is 0 Å². The lowest BCUT2D eigenvalue weighted by molar-refractivity contribution is -0.124. The van der Waals surface area contributed by atoms with Gasteiger partial charge in [-0.1, -0.05) is 0 Å². The first kappa shape index (κ1) is 15.4. The van der Waals surface area contributed by atoms with Gasteiger partial charge in [-0.15, -0.1) is 0 Å². The normalized spacial score (nSPS) is 22.7. The Bertz CT molecular complexity index is 292. The van der Waals surface area contributed by atoms with Gasteiger partial charge in [0.1, 0.15) is 5.54 Å². The van der Waals surface area contributed by atoms with Crippen LogP contribution < -0.4 is 11.1 Å². The summed E-state index contributed by atoms with van der Waals surface area (Å²) in [5, 5.41) is 3.04. The van der Waals surface area contributed by atoms with Gasteiger partial charge in [-0.3, -0.25) is 14.6 Å². The Morgan fingerprint density at radius 1 is 1.17 bits per heavy atom. The molecule has 0 radical (unpaired) electrons. The Morgan fingerprint density at radius 3 is 2.00 bits per heavy atom. The van der Waals surface area contributed by atoms with Crippen LogP contribution in [0.1, 0.15) is 27.7 Å². The number of piperazine rings is 1. The van der Waals surface area contributed by atoms with Crippen LogP contribution in [0.15, 0.2) is 0 Å². The zero-order chi connectivity index (χ0) is 14.0. The molecule has 18 heavy (non-hydrogen) atoms. The minimum absolute atomic E-state index is 0.224. The number of amides is 1. The first-order chi connectivity index (χ1) is 8.19. The second-order valence-corrected chi connectivity index (χ2v) is 6.38. The fourth-order valence-corrected chi connectivity index (χ4v) is 2.30. The molecule has 0 bridgehead atoms. The lowest BCUT2D eigenvalue weighted by Gasteiger charge is -2.44. The van der Waals surface area contributed by atoms with Gasteiger partial charge in [-0.05, 0) is 34.7 Å². The van der Waals surface area contributed by atoms with Crippen molar-refractivity contribution in [2.45, 2.75) is 38.8 Å². The summed E-state index contributed by atoms with van der Waals surface area (Å²) in [6.45, 7) is 13.3. The van der Waals surface area contributed by atoms with Crippen LogP contribution in [0.3, 0.4) is 0 Å². The maximum absolute atomic E-state index is 11.5. The summed E-state index contributed by atoms with van der Waals surface area (Å²) in [4.78, 5) is 16.3. The molecule has 1 atom stereocenters. The lowest BCUT2D eigenvalue weighted by Crippen LogP contribution is -2.62. The van der Waals surface area contributed by atoms with Gasteiger partial charge < -0.3 is 11.1 Å². The van der Waals surface area contributed by atoms with E-state index >= 15 is 0 Å². The smallest absolute Gasteiger partial charge is 0.238 e. The van der Waals surface area contributed by atoms with Crippen LogP contribution >= 0.6 is 0 Å². The summed E-state index contributed by atoms with van der Waals surface area (Å²) in [7, 11) is 1.79. The molecule has 106 valence electrons. The van der Waals surface area contributed by atoms with Gasteiger partial charge in [0, 0.05) is 38.3 Å². The highest BCUT2D eigenvalue weighted by atomic mass is 16.1. The molecule has 1 rings (SSSR count). The van der Waals surface area contributed by atoms with Gasteiger partial charge in [-0.25, -0.2) is 0 Å². The Hall–Kier alpha value is -0.650. The Balaban J connectivity index is 2.52. The SMILES string of the molecule is CNC(C)(CN1CCN(C(C)(C)C)CC1)C(N)=O. The van der Waals surface area contributed by atoms with Gasteiger partial charge in [0.25, 0.3) is 0 Å². The summed E-state index contributed by atoms with van der Waals surface area (Å²) < 4.78 is 0. The molecule has 1 aliphatic rings. The molecule has 1 heterocycles. The third kappa shape index (κ3) is 3.67. The van der Waals surface area contributed by atoms with Crippen molar-refractivity contribution in [1.29, 1.82) is 0 Å². The molecule has 1 unspecified atom stereocenters. The lowest BCUT2D eigenvalue weighted by atomic mass is 10.00. The molecule has 5 nitrogen and oxygen atoms in total. The second kappa shape index (κ2) is 5.55. The van der Waals surface area contributed by atoms with Crippen LogP contribution in [-0.2, 0) is 4.79 Å². The van der Waals surface area contributed by atoms with Crippen LogP contribution in [0.25, 0.3) is 0 Å². The number of nitrogens with two attached hydrogens (primary N) is 1. The van der Waals surface area contributed by atoms with Crippen molar-refractivity contribution < 1.29 is 4.79 Å². The van der Waals surface area contributed by atoms with Crippen LogP contribution in [0.2, 0.25) is 0 Å². The fraction of sp³-hybridized carbons (Fsp3) is 0.923. The number of nitrogens with zero attached hydrogens (tertiary/aromatic N) is 2. The highest BCUT2D eigenvalue weighted by Crippen LogP contribution is 2.17. The molecule has 1 amide bonds. The number of carbonyl (C=O) groups excluding carboxylic acids is 1. The van der Waals surface area contributed by atoms with E-state index in [9.17, 15) is 4.79 Å². The van der Waals surface area contributed by atoms with Gasteiger partial charge in [0.15, 0.2) is 0 Å². The van der Waals surface area contributed by atoms with E-state index in [1.807, 2.05) is 6.92 Å². The number of hydrogen-bond acceptors (Lipinski definition) is 4. The number of nitrogens with one attached hydrogen (secondary N) is 1. The molecule has 0 aromatic rings. The van der Waals surface area contributed by atoms with E-state index < -0.39 is 5.54 Å². The molecule has 0 aromatic carbocycles. The molecule has 0 aliphatic carbocycles. The van der Waals surface area contributed by atoms with Crippen LogP contribution in [0.5, 0.6) is 0 Å². The second-order valence-electron chi connectivity index (χ2n) is 6.38. The molecule has 1 fully saturated rings. The fourth-order valence-electron chi connectivity index (χ4n) is 2.30. The monoisotopic (exact) mass is 256 g/mol. The predicted molar refractivity (Wildman–Crippen MR) is 74.4 cm³/mol. The van der Waals surface area contributed by atoms with Gasteiger partial charge in [0.05, 0.1) is 0 Å². The highest BCUT2D eigenvalue weighted by Gasteiger charge is 2.33. The van der Waals surface area contributed by atoms with Crippen molar-refractivity contribution in [3.05, 3.63) is 0 Å². The van der Waals surface area contributed by atoms with E-state index in [2.05, 4.69) is 35.9 Å². The number of likely N-dealkylation sites (N-methyl/N-ethyl adjacent to an activating group) is 1. The minimum atomic E-state index is -0.635. The van der Waals surface area contributed by atoms with Crippen LogP contribution in [0, 0.1) is 0 Å². The average Bonchev–Trinajstić information content (AvgIpc) is 2.28. The van der Waals surface area contributed by atoms with Crippen molar-refractivity contribution in [2.75, 3.05) is 39.8 Å². The largest absolute Gasteiger partial charge is 0.368 e. The van der Waals surface area contributed by atoms with E-state index in [4.69, 9.17) is 5.73 Å². The Labute approximate surface area is 111 Å². The standard InChI is InChI=1S/C13H28N4O/c1-12(2,3)17-8-6-16(7-9-17)10-13(4,15-5)11(14)18/h15H,6-10H2,1-5H3,(H2,14,18). The number of primary amides is 1. The summed E-state index contributed by atoms with van der Waals surface area (Å²) in [6, 6.07) is 0. The Kier molecular flexibility index (Phi) is 4.75. The molecule has 0 spiro atoms. The maximum atomic E-state index is 11.5. The van der Waals surface area contributed by atoms with E-state index in [0.717, 1.165) is 26.2 Å². The zero-order valence-corrected chi connectivity index (χ0v) is 12.4. The zero-order valence-electron chi connectivity index (χ0n) is 12.4. The number of rotatable bonds is 4. The van der Waals surface area contributed by atoms with Crippen molar-refractivity contribution in [1.82, 2.24) is 15.1 Å². The summed E-state index contributed by atoms with van der Waals surface area (Å²) >= 11 is 0. The van der Waals surface area contributed by atoms with Crippen molar-refractivity contribution in [2.24, 2.45) is 5.73 Å². The van der Waals surface area contributed by atoms with Crippen molar-refractivity contribution >= 4 is 5.91 Å². The quantitative estimate of drug-likeness (QED) is 0.735. The third-order valence-electron chi connectivity index (χ3n) is 3.96. The molecule has 5 heteroatoms. The van der Waals surface area contributed by atoms with E-state index in [1.54, 1.807) is 7.05 Å². The third-order valence-corrected chi connectivity index (χ3v) is 3.96. The van der Waals surface area contributed by atoms with Gasteiger partial charge in [0.2, 0.25) is 5.91 Å². The van der Waals surface area contributed by atoms with E-state index in [0.29, 0.717) is 6.54 Å². The highest BCUT2D eigenvalue weighted by molar-refractivity contribution is 5.84. The van der Waals surface area contributed by atoms with Gasteiger partial charge in [-0.2, -0.15) is 0 Å². The number of hydrogen-bond donors (Lipinski definition) is 2. The molecule has 0 saturated carbocycles. The summed E-state index contributed by atoms with van der Waals surface area (Å²) in [5.41, 5.74) is 5.05. The average molecular weight is 256 g/mol. The first-order valence-corrected chi connectivity index (χ1v) is 6.65. The first-order valence-electron chi connectivity index (χ1n) is 6.65. The molecular formula is C13H28N4O. The van der Waals surface area contributed by atoms with Crippen molar-refractivity contribution in [3.63, 3.8) is 0 Å². The van der Waals surface area contributed by atoms with E-state index in [1.165, 1.54) is 0 Å². The Morgan fingerprint density at radius 2 is 1.67 bits per heavy atom. The molecule has 1 aliphatic heterocycles. The van der Waals surface area contributed by atoms with E-state index in [-0.39, 0.29) is 11.4 Å². The number of carbonyl (C=O) groups is 1. The van der Waals surface area contributed by atoms with Gasteiger partial charge >= 0.3 is 0 Å². The molecule has 0 aromatic heterocycles.